The van der Waals surface area contributed by atoms with Crippen LogP contribution in [0.4, 0.5) is 0 Å². The maximum Gasteiger partial charge on any atom is 0.0705 e. The second kappa shape index (κ2) is 5.61. The van der Waals surface area contributed by atoms with E-state index >= 15 is 0 Å². The molecule has 0 amide bonds. The Hall–Kier alpha value is -1.90. The molecule has 0 bridgehead atoms. The topological polar surface area (TPSA) is 38.9 Å². The summed E-state index contributed by atoms with van der Waals surface area (Å²) in [6.07, 6.45) is 2.56. The molecule has 0 spiro atoms. The number of benzene rings is 2. The molecule has 1 aromatic heterocycles. The third-order valence-corrected chi connectivity index (χ3v) is 3.66. The molecule has 0 saturated heterocycles. The van der Waals surface area contributed by atoms with Crippen molar-refractivity contribution in [2.75, 3.05) is 0 Å². The zero-order valence-electron chi connectivity index (χ0n) is 11.0. The summed E-state index contributed by atoms with van der Waals surface area (Å²) in [7, 11) is 0. The van der Waals surface area contributed by atoms with Gasteiger partial charge >= 0.3 is 0 Å². The third kappa shape index (κ3) is 2.67. The first-order valence-corrected chi connectivity index (χ1v) is 6.95. The van der Waals surface area contributed by atoms with E-state index in [4.69, 9.17) is 17.3 Å². The average Bonchev–Trinajstić information content (AvgIpc) is 2.46. The molecule has 1 atom stereocenters. The van der Waals surface area contributed by atoms with Gasteiger partial charge in [0.15, 0.2) is 0 Å². The molecule has 2 aromatic carbocycles. The van der Waals surface area contributed by atoms with Gasteiger partial charge in [0.1, 0.15) is 0 Å². The Labute approximate surface area is 123 Å². The summed E-state index contributed by atoms with van der Waals surface area (Å²) in [5.41, 5.74) is 9.62. The number of aromatic nitrogens is 1. The zero-order chi connectivity index (χ0) is 13.9. The van der Waals surface area contributed by atoms with E-state index in [1.807, 2.05) is 36.4 Å². The summed E-state index contributed by atoms with van der Waals surface area (Å²) in [6.45, 7) is 0. The van der Waals surface area contributed by atoms with Crippen LogP contribution in [0.1, 0.15) is 17.2 Å². The SMILES string of the molecule is NC(Cc1cccc(Cl)c1)c1cccc2ncccc12. The minimum atomic E-state index is -0.0682. The van der Waals surface area contributed by atoms with Crippen LogP contribution in [-0.2, 0) is 6.42 Å². The van der Waals surface area contributed by atoms with Gasteiger partial charge in [-0.1, -0.05) is 41.9 Å². The van der Waals surface area contributed by atoms with E-state index in [2.05, 4.69) is 23.2 Å². The number of fused-ring (bicyclic) bond motifs is 1. The Kier molecular flexibility index (Phi) is 3.68. The van der Waals surface area contributed by atoms with Crippen LogP contribution >= 0.6 is 11.6 Å². The maximum absolute atomic E-state index is 6.37. The minimum Gasteiger partial charge on any atom is -0.324 e. The molecule has 0 saturated carbocycles. The molecule has 0 radical (unpaired) electrons. The van der Waals surface area contributed by atoms with Gasteiger partial charge in [-0.05, 0) is 41.8 Å². The number of halogens is 1. The van der Waals surface area contributed by atoms with Crippen LogP contribution in [-0.4, -0.2) is 4.98 Å². The first-order valence-electron chi connectivity index (χ1n) is 6.58. The van der Waals surface area contributed by atoms with Gasteiger partial charge in [-0.15, -0.1) is 0 Å². The highest BCUT2D eigenvalue weighted by Gasteiger charge is 2.11. The molecule has 0 aliphatic rings. The predicted molar refractivity (Wildman–Crippen MR) is 83.8 cm³/mol. The van der Waals surface area contributed by atoms with Crippen LogP contribution in [0.5, 0.6) is 0 Å². The zero-order valence-corrected chi connectivity index (χ0v) is 11.7. The van der Waals surface area contributed by atoms with Gasteiger partial charge in [0.2, 0.25) is 0 Å². The number of nitrogens with two attached hydrogens (primary N) is 1. The largest absolute Gasteiger partial charge is 0.324 e. The first-order chi connectivity index (χ1) is 9.74. The molecule has 1 unspecified atom stereocenters. The molecule has 3 rings (SSSR count). The van der Waals surface area contributed by atoms with Crippen molar-refractivity contribution in [3.8, 4) is 0 Å². The van der Waals surface area contributed by atoms with Crippen LogP contribution < -0.4 is 5.73 Å². The lowest BCUT2D eigenvalue weighted by molar-refractivity contribution is 0.728. The molecular formula is C17H15ClN2. The molecule has 0 fully saturated rings. The molecule has 2 nitrogen and oxygen atoms in total. The molecule has 0 aliphatic heterocycles. The van der Waals surface area contributed by atoms with Gasteiger partial charge in [-0.2, -0.15) is 0 Å². The normalized spacial score (nSPS) is 12.5. The van der Waals surface area contributed by atoms with Crippen LogP contribution in [0.3, 0.4) is 0 Å². The van der Waals surface area contributed by atoms with Crippen molar-refractivity contribution in [2.45, 2.75) is 12.5 Å². The van der Waals surface area contributed by atoms with Crippen molar-refractivity contribution in [3.63, 3.8) is 0 Å². The number of hydrogen-bond acceptors (Lipinski definition) is 2. The Balaban J connectivity index is 1.94. The summed E-state index contributed by atoms with van der Waals surface area (Å²) in [5.74, 6) is 0. The Bertz CT molecular complexity index is 734. The van der Waals surface area contributed by atoms with Gasteiger partial charge in [0, 0.05) is 22.6 Å². The monoisotopic (exact) mass is 282 g/mol. The van der Waals surface area contributed by atoms with Crippen molar-refractivity contribution >= 4 is 22.5 Å². The van der Waals surface area contributed by atoms with Crippen molar-refractivity contribution in [2.24, 2.45) is 5.73 Å². The third-order valence-electron chi connectivity index (χ3n) is 3.42. The van der Waals surface area contributed by atoms with E-state index in [1.165, 1.54) is 0 Å². The Morgan fingerprint density at radius 1 is 1.05 bits per heavy atom. The molecular weight excluding hydrogens is 268 g/mol. The minimum absolute atomic E-state index is 0.0682. The fourth-order valence-electron chi connectivity index (χ4n) is 2.48. The lowest BCUT2D eigenvalue weighted by Crippen LogP contribution is -2.13. The maximum atomic E-state index is 6.37. The average molecular weight is 283 g/mol. The predicted octanol–water partition coefficient (Wildman–Crippen LogP) is 4.13. The van der Waals surface area contributed by atoms with Gasteiger partial charge in [0.05, 0.1) is 5.52 Å². The summed E-state index contributed by atoms with van der Waals surface area (Å²) in [5, 5.41) is 1.86. The molecule has 100 valence electrons. The molecule has 3 heteroatoms. The van der Waals surface area contributed by atoms with E-state index < -0.39 is 0 Å². The lowest BCUT2D eigenvalue weighted by atomic mass is 9.96. The smallest absolute Gasteiger partial charge is 0.0705 e. The van der Waals surface area contributed by atoms with E-state index in [1.54, 1.807) is 6.20 Å². The summed E-state index contributed by atoms with van der Waals surface area (Å²) >= 11 is 6.02. The van der Waals surface area contributed by atoms with Crippen LogP contribution in [0.15, 0.2) is 60.8 Å². The lowest BCUT2D eigenvalue weighted by Gasteiger charge is -2.14. The highest BCUT2D eigenvalue weighted by Crippen LogP contribution is 2.24. The van der Waals surface area contributed by atoms with Gasteiger partial charge in [-0.25, -0.2) is 0 Å². The fraction of sp³-hybridized carbons (Fsp3) is 0.118. The molecule has 2 N–H and O–H groups in total. The fourth-order valence-corrected chi connectivity index (χ4v) is 2.69. The Morgan fingerprint density at radius 3 is 2.75 bits per heavy atom. The highest BCUT2D eigenvalue weighted by atomic mass is 35.5. The second-order valence-corrected chi connectivity index (χ2v) is 5.29. The summed E-state index contributed by atoms with van der Waals surface area (Å²) < 4.78 is 0. The number of rotatable bonds is 3. The molecule has 1 heterocycles. The number of pyridine rings is 1. The molecule has 3 aromatic rings. The first kappa shape index (κ1) is 13.1. The van der Waals surface area contributed by atoms with E-state index in [9.17, 15) is 0 Å². The second-order valence-electron chi connectivity index (χ2n) is 4.86. The van der Waals surface area contributed by atoms with Crippen LogP contribution in [0, 0.1) is 0 Å². The summed E-state index contributed by atoms with van der Waals surface area (Å²) in [6, 6.07) is 17.9. The van der Waals surface area contributed by atoms with Crippen molar-refractivity contribution in [1.82, 2.24) is 4.98 Å². The standard InChI is InChI=1S/C17H15ClN2/c18-13-5-1-4-12(10-13)11-16(19)14-6-2-8-17-15(14)7-3-9-20-17/h1-10,16H,11,19H2. The number of nitrogens with zero attached hydrogens (tertiary/aromatic N) is 1. The number of hydrogen-bond donors (Lipinski definition) is 1. The van der Waals surface area contributed by atoms with Crippen LogP contribution in [0.2, 0.25) is 5.02 Å². The van der Waals surface area contributed by atoms with Crippen molar-refractivity contribution < 1.29 is 0 Å². The molecule has 20 heavy (non-hydrogen) atoms. The van der Waals surface area contributed by atoms with Crippen molar-refractivity contribution in [3.05, 3.63) is 76.9 Å². The van der Waals surface area contributed by atoms with Gasteiger partial charge < -0.3 is 5.73 Å². The van der Waals surface area contributed by atoms with Crippen molar-refractivity contribution in [1.29, 1.82) is 0 Å². The van der Waals surface area contributed by atoms with E-state index in [0.717, 1.165) is 33.5 Å². The van der Waals surface area contributed by atoms with E-state index in [0.29, 0.717) is 0 Å². The van der Waals surface area contributed by atoms with Gasteiger partial charge in [-0.3, -0.25) is 4.98 Å². The van der Waals surface area contributed by atoms with Gasteiger partial charge in [0.25, 0.3) is 0 Å². The quantitative estimate of drug-likeness (QED) is 0.784. The summed E-state index contributed by atoms with van der Waals surface area (Å²) in [4.78, 5) is 4.37. The Morgan fingerprint density at radius 2 is 1.90 bits per heavy atom. The van der Waals surface area contributed by atoms with Crippen LogP contribution in [0.25, 0.3) is 10.9 Å². The van der Waals surface area contributed by atoms with E-state index in [-0.39, 0.29) is 6.04 Å². The highest BCUT2D eigenvalue weighted by molar-refractivity contribution is 6.30. The molecule has 0 aliphatic carbocycles.